The summed E-state index contributed by atoms with van der Waals surface area (Å²) < 4.78 is 5.74. The molecule has 2 N–H and O–H groups in total. The molecule has 0 aromatic heterocycles. The van der Waals surface area contributed by atoms with Gasteiger partial charge in [-0.3, -0.25) is 4.90 Å². The van der Waals surface area contributed by atoms with E-state index in [2.05, 4.69) is 30.8 Å². The van der Waals surface area contributed by atoms with Crippen LogP contribution in [0.5, 0.6) is 5.75 Å². The second-order valence-corrected chi connectivity index (χ2v) is 5.03. The summed E-state index contributed by atoms with van der Waals surface area (Å²) in [6.45, 7) is 7.10. The lowest BCUT2D eigenvalue weighted by Gasteiger charge is -2.23. The highest BCUT2D eigenvalue weighted by molar-refractivity contribution is 5.51. The molecule has 0 saturated heterocycles. The summed E-state index contributed by atoms with van der Waals surface area (Å²) in [5.41, 5.74) is 6.56. The van der Waals surface area contributed by atoms with Crippen molar-refractivity contribution in [2.24, 2.45) is 0 Å². The second-order valence-electron chi connectivity index (χ2n) is 5.03. The van der Waals surface area contributed by atoms with E-state index < -0.39 is 0 Å². The molecule has 0 heterocycles. The Labute approximate surface area is 117 Å². The number of nitrogens with two attached hydrogens (primary N) is 1. The maximum Gasteiger partial charge on any atom is 0.142 e. The molecule has 0 amide bonds. The molecule has 1 aromatic rings. The lowest BCUT2D eigenvalue weighted by Crippen LogP contribution is -2.35. The molecule has 0 unspecified atom stereocenters. The molecule has 0 aliphatic heterocycles. The molecule has 0 atom stereocenters. The fourth-order valence-corrected chi connectivity index (χ4v) is 1.89. The van der Waals surface area contributed by atoms with Gasteiger partial charge in [-0.25, -0.2) is 0 Å². The highest BCUT2D eigenvalue weighted by atomic mass is 16.5. The molecule has 0 saturated carbocycles. The average molecular weight is 265 g/mol. The van der Waals surface area contributed by atoms with Gasteiger partial charge in [-0.05, 0) is 39.2 Å². The monoisotopic (exact) mass is 265 g/mol. The minimum absolute atomic E-state index is 0.682. The number of nitrogens with zero attached hydrogens (tertiary/aromatic N) is 2. The van der Waals surface area contributed by atoms with Crippen LogP contribution >= 0.6 is 0 Å². The van der Waals surface area contributed by atoms with E-state index in [4.69, 9.17) is 10.5 Å². The van der Waals surface area contributed by atoms with E-state index in [0.717, 1.165) is 31.9 Å². The van der Waals surface area contributed by atoms with Crippen molar-refractivity contribution in [3.05, 3.63) is 24.3 Å². The van der Waals surface area contributed by atoms with Crippen LogP contribution in [0, 0.1) is 0 Å². The summed E-state index contributed by atoms with van der Waals surface area (Å²) in [6.07, 6.45) is 1.17. The summed E-state index contributed by atoms with van der Waals surface area (Å²) in [5, 5.41) is 0. The zero-order valence-corrected chi connectivity index (χ0v) is 12.4. The third-order valence-electron chi connectivity index (χ3n) is 2.99. The van der Waals surface area contributed by atoms with Crippen LogP contribution in [-0.4, -0.2) is 56.7 Å². The van der Waals surface area contributed by atoms with Gasteiger partial charge in [0.2, 0.25) is 0 Å². The number of hydrogen-bond donors (Lipinski definition) is 1. The Morgan fingerprint density at radius 2 is 1.79 bits per heavy atom. The van der Waals surface area contributed by atoms with Crippen molar-refractivity contribution < 1.29 is 4.74 Å². The number of para-hydroxylation sites is 2. The molecule has 19 heavy (non-hydrogen) atoms. The van der Waals surface area contributed by atoms with E-state index in [1.54, 1.807) is 0 Å². The molecule has 1 rings (SSSR count). The van der Waals surface area contributed by atoms with Crippen LogP contribution in [0.4, 0.5) is 5.69 Å². The van der Waals surface area contributed by atoms with Crippen molar-refractivity contribution in [1.29, 1.82) is 0 Å². The van der Waals surface area contributed by atoms with Crippen LogP contribution in [0.2, 0.25) is 0 Å². The van der Waals surface area contributed by atoms with Crippen LogP contribution in [0.3, 0.4) is 0 Å². The van der Waals surface area contributed by atoms with E-state index in [1.165, 1.54) is 6.42 Å². The minimum atomic E-state index is 0.682. The molecular weight excluding hydrogens is 238 g/mol. The van der Waals surface area contributed by atoms with Gasteiger partial charge in [-0.15, -0.1) is 0 Å². The molecule has 4 nitrogen and oxygen atoms in total. The highest BCUT2D eigenvalue weighted by Crippen LogP contribution is 2.19. The molecule has 0 radical (unpaired) electrons. The Morgan fingerprint density at radius 1 is 1.05 bits per heavy atom. The number of benzene rings is 1. The van der Waals surface area contributed by atoms with Gasteiger partial charge in [-0.1, -0.05) is 19.1 Å². The molecule has 0 bridgehead atoms. The van der Waals surface area contributed by atoms with Gasteiger partial charge in [0.1, 0.15) is 12.4 Å². The van der Waals surface area contributed by atoms with Gasteiger partial charge in [-0.2, -0.15) is 0 Å². The van der Waals surface area contributed by atoms with Crippen LogP contribution in [0.1, 0.15) is 13.3 Å². The lowest BCUT2D eigenvalue weighted by molar-refractivity contribution is 0.195. The summed E-state index contributed by atoms with van der Waals surface area (Å²) in [5.74, 6) is 0.784. The van der Waals surface area contributed by atoms with Crippen molar-refractivity contribution in [2.75, 3.05) is 52.6 Å². The van der Waals surface area contributed by atoms with Crippen molar-refractivity contribution in [2.45, 2.75) is 13.3 Å². The van der Waals surface area contributed by atoms with Gasteiger partial charge in [0.05, 0.1) is 5.69 Å². The number of nitrogen functional groups attached to an aromatic ring is 1. The molecule has 0 aliphatic rings. The summed E-state index contributed by atoms with van der Waals surface area (Å²) >= 11 is 0. The lowest BCUT2D eigenvalue weighted by atomic mass is 10.3. The first-order chi connectivity index (χ1) is 9.13. The Morgan fingerprint density at radius 3 is 2.42 bits per heavy atom. The summed E-state index contributed by atoms with van der Waals surface area (Å²) in [6, 6.07) is 7.65. The maximum absolute atomic E-state index is 5.85. The van der Waals surface area contributed by atoms with Crippen LogP contribution in [0.25, 0.3) is 0 Å². The van der Waals surface area contributed by atoms with Gasteiger partial charge in [0.25, 0.3) is 0 Å². The Hall–Kier alpha value is -1.26. The fourth-order valence-electron chi connectivity index (χ4n) is 1.89. The number of likely N-dealkylation sites (N-methyl/N-ethyl adjacent to an activating group) is 1. The zero-order valence-electron chi connectivity index (χ0n) is 12.4. The maximum atomic E-state index is 5.85. The van der Waals surface area contributed by atoms with Gasteiger partial charge in [0.15, 0.2) is 0 Å². The highest BCUT2D eigenvalue weighted by Gasteiger charge is 2.05. The van der Waals surface area contributed by atoms with Gasteiger partial charge in [0, 0.05) is 19.6 Å². The standard InChI is InChI=1S/C15H27N3O/c1-4-9-18(11-10-17(2)3)12-13-19-15-8-6-5-7-14(15)16/h5-8H,4,9-13,16H2,1-3H3. The fraction of sp³-hybridized carbons (Fsp3) is 0.600. The van der Waals surface area contributed by atoms with E-state index in [0.29, 0.717) is 12.3 Å². The Balaban J connectivity index is 2.33. The van der Waals surface area contributed by atoms with E-state index in [9.17, 15) is 0 Å². The first-order valence-electron chi connectivity index (χ1n) is 6.98. The smallest absolute Gasteiger partial charge is 0.142 e. The molecular formula is C15H27N3O. The topological polar surface area (TPSA) is 41.7 Å². The predicted octanol–water partition coefficient (Wildman–Crippen LogP) is 1.92. The summed E-state index contributed by atoms with van der Waals surface area (Å²) in [7, 11) is 4.20. The predicted molar refractivity (Wildman–Crippen MR) is 81.6 cm³/mol. The largest absolute Gasteiger partial charge is 0.490 e. The molecule has 4 heteroatoms. The Kier molecular flexibility index (Phi) is 7.30. The van der Waals surface area contributed by atoms with Crippen LogP contribution < -0.4 is 10.5 Å². The van der Waals surface area contributed by atoms with Crippen molar-refractivity contribution >= 4 is 5.69 Å². The van der Waals surface area contributed by atoms with Crippen molar-refractivity contribution in [3.63, 3.8) is 0 Å². The van der Waals surface area contributed by atoms with Gasteiger partial charge >= 0.3 is 0 Å². The molecule has 0 spiro atoms. The first kappa shape index (κ1) is 15.8. The quantitative estimate of drug-likeness (QED) is 0.693. The number of anilines is 1. The van der Waals surface area contributed by atoms with E-state index in [-0.39, 0.29) is 0 Å². The average Bonchev–Trinajstić information content (AvgIpc) is 2.38. The second kappa shape index (κ2) is 8.77. The number of hydrogen-bond acceptors (Lipinski definition) is 4. The van der Waals surface area contributed by atoms with Gasteiger partial charge < -0.3 is 15.4 Å². The SMILES string of the molecule is CCCN(CCOc1ccccc1N)CCN(C)C. The van der Waals surface area contributed by atoms with E-state index >= 15 is 0 Å². The minimum Gasteiger partial charge on any atom is -0.490 e. The first-order valence-corrected chi connectivity index (χ1v) is 6.98. The third kappa shape index (κ3) is 6.45. The zero-order chi connectivity index (χ0) is 14.1. The molecule has 1 aromatic carbocycles. The molecule has 0 aliphatic carbocycles. The van der Waals surface area contributed by atoms with Crippen LogP contribution in [0.15, 0.2) is 24.3 Å². The van der Waals surface area contributed by atoms with E-state index in [1.807, 2.05) is 24.3 Å². The summed E-state index contributed by atoms with van der Waals surface area (Å²) in [4.78, 5) is 4.64. The van der Waals surface area contributed by atoms with Crippen molar-refractivity contribution in [3.8, 4) is 5.75 Å². The number of ether oxygens (including phenoxy) is 1. The third-order valence-corrected chi connectivity index (χ3v) is 2.99. The number of rotatable bonds is 9. The molecule has 0 fully saturated rings. The molecule has 108 valence electrons. The van der Waals surface area contributed by atoms with Crippen molar-refractivity contribution in [1.82, 2.24) is 9.80 Å². The Bertz CT molecular complexity index is 355. The van der Waals surface area contributed by atoms with Crippen LogP contribution in [-0.2, 0) is 0 Å². The normalized spacial score (nSPS) is 11.2.